The Morgan fingerprint density at radius 3 is 2.88 bits per heavy atom. The molecule has 5 heteroatoms. The molecule has 0 bridgehead atoms. The van der Waals surface area contributed by atoms with E-state index in [1.54, 1.807) is 17.0 Å². The third-order valence-corrected chi connectivity index (χ3v) is 4.76. The highest BCUT2D eigenvalue weighted by atomic mass is 35.5. The predicted octanol–water partition coefficient (Wildman–Crippen LogP) is 3.14. The standard InChI is InChI=1S/C19H21ClN2O2/c1-12-8-14-4-2-3-5-18(14)22(11-12)19(24)17(21)9-13-6-7-15(23)10-16(13)20/h2-7,10,12,17,23H,8-9,11,21H2,1H3. The number of para-hydroxylation sites is 1. The highest BCUT2D eigenvalue weighted by Crippen LogP contribution is 2.30. The van der Waals surface area contributed by atoms with Crippen LogP contribution in [0.3, 0.4) is 0 Å². The zero-order valence-electron chi connectivity index (χ0n) is 13.6. The van der Waals surface area contributed by atoms with Crippen LogP contribution in [0.4, 0.5) is 5.69 Å². The lowest BCUT2D eigenvalue weighted by Gasteiger charge is -2.34. The van der Waals surface area contributed by atoms with Crippen molar-refractivity contribution in [1.82, 2.24) is 0 Å². The number of aromatic hydroxyl groups is 1. The molecule has 1 heterocycles. The first-order valence-corrected chi connectivity index (χ1v) is 8.45. The molecule has 2 unspecified atom stereocenters. The van der Waals surface area contributed by atoms with E-state index in [1.807, 2.05) is 18.2 Å². The second-order valence-electron chi connectivity index (χ2n) is 6.47. The maximum absolute atomic E-state index is 12.9. The molecular formula is C19H21ClN2O2. The molecule has 0 spiro atoms. The molecule has 0 saturated carbocycles. The molecule has 0 saturated heterocycles. The van der Waals surface area contributed by atoms with E-state index >= 15 is 0 Å². The Bertz CT molecular complexity index is 763. The third kappa shape index (κ3) is 3.40. The Morgan fingerprint density at radius 1 is 1.38 bits per heavy atom. The minimum Gasteiger partial charge on any atom is -0.508 e. The van der Waals surface area contributed by atoms with Crippen molar-refractivity contribution in [1.29, 1.82) is 0 Å². The number of carbonyl (C=O) groups is 1. The van der Waals surface area contributed by atoms with Crippen LogP contribution in [-0.4, -0.2) is 23.6 Å². The minimum atomic E-state index is -0.676. The van der Waals surface area contributed by atoms with Gasteiger partial charge in [-0.1, -0.05) is 42.8 Å². The van der Waals surface area contributed by atoms with E-state index in [1.165, 1.54) is 11.6 Å². The van der Waals surface area contributed by atoms with Gasteiger partial charge in [0, 0.05) is 17.3 Å². The fourth-order valence-electron chi connectivity index (χ4n) is 3.23. The molecule has 3 N–H and O–H groups in total. The van der Waals surface area contributed by atoms with Gasteiger partial charge in [0.05, 0.1) is 6.04 Å². The van der Waals surface area contributed by atoms with Crippen LogP contribution < -0.4 is 10.6 Å². The summed E-state index contributed by atoms with van der Waals surface area (Å²) in [4.78, 5) is 14.7. The maximum atomic E-state index is 12.9. The summed E-state index contributed by atoms with van der Waals surface area (Å²) in [6, 6.07) is 12.0. The summed E-state index contributed by atoms with van der Waals surface area (Å²) < 4.78 is 0. The molecule has 2 atom stereocenters. The SMILES string of the molecule is CC1Cc2ccccc2N(C(=O)C(N)Cc2ccc(O)cc2Cl)C1. The molecule has 24 heavy (non-hydrogen) atoms. The van der Waals surface area contributed by atoms with Crippen molar-refractivity contribution in [2.45, 2.75) is 25.8 Å². The van der Waals surface area contributed by atoms with Crippen molar-refractivity contribution in [3.05, 3.63) is 58.6 Å². The van der Waals surface area contributed by atoms with Gasteiger partial charge < -0.3 is 15.7 Å². The summed E-state index contributed by atoms with van der Waals surface area (Å²) in [7, 11) is 0. The average Bonchev–Trinajstić information content (AvgIpc) is 2.55. The molecule has 0 radical (unpaired) electrons. The zero-order chi connectivity index (χ0) is 17.3. The van der Waals surface area contributed by atoms with E-state index in [-0.39, 0.29) is 11.7 Å². The van der Waals surface area contributed by atoms with Gasteiger partial charge in [0.15, 0.2) is 0 Å². The van der Waals surface area contributed by atoms with Crippen molar-refractivity contribution >= 4 is 23.2 Å². The molecule has 3 rings (SSSR count). The predicted molar refractivity (Wildman–Crippen MR) is 96.5 cm³/mol. The largest absolute Gasteiger partial charge is 0.508 e. The van der Waals surface area contributed by atoms with Crippen LogP contribution in [-0.2, 0) is 17.6 Å². The van der Waals surface area contributed by atoms with Crippen molar-refractivity contribution in [2.24, 2.45) is 11.7 Å². The Hall–Kier alpha value is -2.04. The number of amides is 1. The number of nitrogens with two attached hydrogens (primary N) is 1. The Balaban J connectivity index is 1.81. The van der Waals surface area contributed by atoms with Crippen LogP contribution in [0, 0.1) is 5.92 Å². The number of anilines is 1. The summed E-state index contributed by atoms with van der Waals surface area (Å²) in [5, 5.41) is 9.85. The first-order valence-electron chi connectivity index (χ1n) is 8.08. The average molecular weight is 345 g/mol. The van der Waals surface area contributed by atoms with Crippen LogP contribution in [0.2, 0.25) is 5.02 Å². The van der Waals surface area contributed by atoms with Crippen LogP contribution in [0.1, 0.15) is 18.1 Å². The number of benzene rings is 2. The first-order chi connectivity index (χ1) is 11.5. The van der Waals surface area contributed by atoms with Gasteiger partial charge in [0.25, 0.3) is 0 Å². The highest BCUT2D eigenvalue weighted by Gasteiger charge is 2.29. The number of phenolic OH excluding ortho intramolecular Hbond substituents is 1. The third-order valence-electron chi connectivity index (χ3n) is 4.40. The molecule has 2 aromatic rings. The summed E-state index contributed by atoms with van der Waals surface area (Å²) in [5.41, 5.74) is 9.07. The number of phenols is 1. The quantitative estimate of drug-likeness (QED) is 0.898. The summed E-state index contributed by atoms with van der Waals surface area (Å²) in [5.74, 6) is 0.397. The van der Waals surface area contributed by atoms with Gasteiger partial charge in [-0.15, -0.1) is 0 Å². The van der Waals surface area contributed by atoms with E-state index in [9.17, 15) is 9.90 Å². The van der Waals surface area contributed by atoms with E-state index in [0.717, 1.165) is 17.7 Å². The van der Waals surface area contributed by atoms with E-state index < -0.39 is 6.04 Å². The van der Waals surface area contributed by atoms with Crippen LogP contribution in [0.25, 0.3) is 0 Å². The Labute approximate surface area is 146 Å². The number of halogens is 1. The van der Waals surface area contributed by atoms with Crippen LogP contribution in [0.15, 0.2) is 42.5 Å². The molecule has 4 nitrogen and oxygen atoms in total. The molecule has 1 amide bonds. The van der Waals surface area contributed by atoms with Gasteiger partial charge in [0.2, 0.25) is 5.91 Å². The van der Waals surface area contributed by atoms with Crippen molar-refractivity contribution < 1.29 is 9.90 Å². The highest BCUT2D eigenvalue weighted by molar-refractivity contribution is 6.31. The van der Waals surface area contributed by atoms with Crippen LogP contribution >= 0.6 is 11.6 Å². The normalized spacial score (nSPS) is 18.1. The lowest BCUT2D eigenvalue weighted by molar-refractivity contribution is -0.120. The lowest BCUT2D eigenvalue weighted by atomic mass is 9.93. The summed E-state index contributed by atoms with van der Waals surface area (Å²) in [6.45, 7) is 2.81. The second-order valence-corrected chi connectivity index (χ2v) is 6.88. The first kappa shape index (κ1) is 16.8. The number of nitrogens with zero attached hydrogens (tertiary/aromatic N) is 1. The van der Waals surface area contributed by atoms with Crippen molar-refractivity contribution in [3.8, 4) is 5.75 Å². The fourth-order valence-corrected chi connectivity index (χ4v) is 3.48. The lowest BCUT2D eigenvalue weighted by Crippen LogP contribution is -2.48. The molecule has 0 aromatic heterocycles. The number of hydrogen-bond acceptors (Lipinski definition) is 3. The van der Waals surface area contributed by atoms with E-state index in [2.05, 4.69) is 13.0 Å². The Morgan fingerprint density at radius 2 is 2.12 bits per heavy atom. The smallest absolute Gasteiger partial charge is 0.244 e. The van der Waals surface area contributed by atoms with Gasteiger partial charge in [0.1, 0.15) is 5.75 Å². The van der Waals surface area contributed by atoms with E-state index in [0.29, 0.717) is 23.9 Å². The molecule has 0 aliphatic carbocycles. The molecule has 0 fully saturated rings. The minimum absolute atomic E-state index is 0.0989. The second kappa shape index (κ2) is 6.83. The Kier molecular flexibility index (Phi) is 4.78. The number of rotatable bonds is 3. The topological polar surface area (TPSA) is 66.6 Å². The summed E-state index contributed by atoms with van der Waals surface area (Å²) >= 11 is 6.13. The number of hydrogen-bond donors (Lipinski definition) is 2. The van der Waals surface area contributed by atoms with Crippen molar-refractivity contribution in [3.63, 3.8) is 0 Å². The maximum Gasteiger partial charge on any atom is 0.244 e. The molecule has 126 valence electrons. The van der Waals surface area contributed by atoms with Gasteiger partial charge in [-0.2, -0.15) is 0 Å². The monoisotopic (exact) mass is 344 g/mol. The van der Waals surface area contributed by atoms with Gasteiger partial charge >= 0.3 is 0 Å². The van der Waals surface area contributed by atoms with Gasteiger partial charge in [-0.05, 0) is 48.1 Å². The number of carbonyl (C=O) groups excluding carboxylic acids is 1. The van der Waals surface area contributed by atoms with Crippen LogP contribution in [0.5, 0.6) is 5.75 Å². The summed E-state index contributed by atoms with van der Waals surface area (Å²) in [6.07, 6.45) is 1.31. The van der Waals surface area contributed by atoms with Crippen molar-refractivity contribution in [2.75, 3.05) is 11.4 Å². The molecule has 1 aliphatic heterocycles. The van der Waals surface area contributed by atoms with E-state index in [4.69, 9.17) is 17.3 Å². The molecular weight excluding hydrogens is 324 g/mol. The zero-order valence-corrected chi connectivity index (χ0v) is 14.3. The van der Waals surface area contributed by atoms with Gasteiger partial charge in [-0.25, -0.2) is 0 Å². The van der Waals surface area contributed by atoms with Gasteiger partial charge in [-0.3, -0.25) is 4.79 Å². The molecule has 1 aliphatic rings. The molecule has 2 aromatic carbocycles. The fraction of sp³-hybridized carbons (Fsp3) is 0.316. The number of fused-ring (bicyclic) bond motifs is 1.